The topological polar surface area (TPSA) is 72.8 Å². The van der Waals surface area contributed by atoms with Gasteiger partial charge in [0.15, 0.2) is 21.3 Å². The van der Waals surface area contributed by atoms with Crippen LogP contribution in [0.15, 0.2) is 12.1 Å². The lowest BCUT2D eigenvalue weighted by molar-refractivity contribution is 0.139. The number of halogens is 1. The minimum atomic E-state index is -3.48. The van der Waals surface area contributed by atoms with Gasteiger partial charge in [-0.2, -0.15) is 0 Å². The summed E-state index contributed by atoms with van der Waals surface area (Å²) in [4.78, 5) is 0. The van der Waals surface area contributed by atoms with Crippen molar-refractivity contribution < 1.29 is 23.0 Å². The molecule has 20 heavy (non-hydrogen) atoms. The van der Waals surface area contributed by atoms with Crippen molar-refractivity contribution >= 4 is 21.4 Å². The van der Waals surface area contributed by atoms with Crippen LogP contribution in [0.4, 0.5) is 0 Å². The molecule has 0 spiro atoms. The molecule has 7 heteroatoms. The average Bonchev–Trinajstić information content (AvgIpc) is 2.36. The molecule has 1 aromatic carbocycles. The van der Waals surface area contributed by atoms with E-state index in [1.165, 1.54) is 40.2 Å². The first-order chi connectivity index (χ1) is 9.06. The molecule has 0 aromatic heterocycles. The summed E-state index contributed by atoms with van der Waals surface area (Å²) < 4.78 is 32.4. The van der Waals surface area contributed by atoms with Gasteiger partial charge in [-0.1, -0.05) is 11.6 Å². The molecule has 0 fully saturated rings. The number of hydrogen-bond acceptors (Lipinski definition) is 5. The number of aliphatic hydroxyl groups is 1. The van der Waals surface area contributed by atoms with Gasteiger partial charge in [0, 0.05) is 17.9 Å². The third kappa shape index (κ3) is 3.02. The zero-order chi connectivity index (χ0) is 15.7. The molecule has 1 aromatic rings. The first-order valence-corrected chi connectivity index (χ1v) is 8.12. The van der Waals surface area contributed by atoms with Gasteiger partial charge in [-0.05, 0) is 19.9 Å². The van der Waals surface area contributed by atoms with Crippen LogP contribution in [0.1, 0.15) is 25.5 Å². The van der Waals surface area contributed by atoms with Crippen molar-refractivity contribution in [2.24, 2.45) is 0 Å². The number of sulfone groups is 1. The van der Waals surface area contributed by atoms with Crippen molar-refractivity contribution in [2.75, 3.05) is 20.5 Å². The van der Waals surface area contributed by atoms with Crippen LogP contribution in [0.3, 0.4) is 0 Å². The van der Waals surface area contributed by atoms with E-state index in [1.54, 1.807) is 0 Å². The van der Waals surface area contributed by atoms with E-state index in [2.05, 4.69) is 0 Å². The van der Waals surface area contributed by atoms with Crippen LogP contribution in [-0.4, -0.2) is 38.7 Å². The maximum absolute atomic E-state index is 11.8. The predicted octanol–water partition coefficient (Wildman–Crippen LogP) is 2.21. The Bertz CT molecular complexity index is 595. The van der Waals surface area contributed by atoms with Crippen LogP contribution >= 0.6 is 11.6 Å². The molecule has 0 aliphatic rings. The molecule has 1 unspecified atom stereocenters. The molecule has 0 heterocycles. The second kappa shape index (κ2) is 5.79. The second-order valence-corrected chi connectivity index (χ2v) is 8.01. The summed E-state index contributed by atoms with van der Waals surface area (Å²) in [6, 6.07) is 2.97. The normalized spacial score (nSPS) is 13.9. The molecule has 1 rings (SSSR count). The van der Waals surface area contributed by atoms with E-state index < -0.39 is 20.7 Å². The van der Waals surface area contributed by atoms with Crippen molar-refractivity contribution in [1.29, 1.82) is 0 Å². The first kappa shape index (κ1) is 17.1. The van der Waals surface area contributed by atoms with E-state index in [-0.39, 0.29) is 10.6 Å². The Morgan fingerprint density at radius 2 is 1.65 bits per heavy atom. The van der Waals surface area contributed by atoms with Crippen LogP contribution < -0.4 is 9.47 Å². The van der Waals surface area contributed by atoms with E-state index in [0.29, 0.717) is 11.5 Å². The zero-order valence-corrected chi connectivity index (χ0v) is 13.7. The van der Waals surface area contributed by atoms with Gasteiger partial charge in [-0.15, -0.1) is 0 Å². The molecular formula is C13H19ClO5S. The second-order valence-electron chi connectivity index (χ2n) is 5.01. The summed E-state index contributed by atoms with van der Waals surface area (Å²) in [5.41, 5.74) is 0.278. The predicted molar refractivity (Wildman–Crippen MR) is 78.4 cm³/mol. The molecule has 5 nitrogen and oxygen atoms in total. The van der Waals surface area contributed by atoms with Crippen molar-refractivity contribution in [3.8, 4) is 11.5 Å². The third-order valence-electron chi connectivity index (χ3n) is 3.41. The number of rotatable bonds is 5. The van der Waals surface area contributed by atoms with Gasteiger partial charge < -0.3 is 14.6 Å². The zero-order valence-electron chi connectivity index (χ0n) is 12.1. The van der Waals surface area contributed by atoms with E-state index in [9.17, 15) is 13.5 Å². The van der Waals surface area contributed by atoms with Crippen LogP contribution in [0.5, 0.6) is 11.5 Å². The molecule has 0 amide bonds. The van der Waals surface area contributed by atoms with E-state index in [0.717, 1.165) is 6.26 Å². The fourth-order valence-corrected chi connectivity index (χ4v) is 2.45. The summed E-state index contributed by atoms with van der Waals surface area (Å²) in [5.74, 6) is 0.779. The minimum Gasteiger partial charge on any atom is -0.493 e. The summed E-state index contributed by atoms with van der Waals surface area (Å²) in [6.07, 6.45) is -0.213. The summed E-state index contributed by atoms with van der Waals surface area (Å²) >= 11 is 6.10. The lowest BCUT2D eigenvalue weighted by atomic mass is 9.97. The quantitative estimate of drug-likeness (QED) is 0.899. The van der Waals surface area contributed by atoms with Gasteiger partial charge in [-0.25, -0.2) is 8.42 Å². The van der Waals surface area contributed by atoms with Gasteiger partial charge in [0.05, 0.1) is 30.1 Å². The molecule has 0 aliphatic heterocycles. The molecule has 0 saturated heterocycles. The third-order valence-corrected chi connectivity index (χ3v) is 5.87. The molecule has 0 saturated carbocycles. The van der Waals surface area contributed by atoms with Crippen LogP contribution in [0.25, 0.3) is 0 Å². The van der Waals surface area contributed by atoms with Crippen molar-refractivity contribution in [3.05, 3.63) is 22.7 Å². The summed E-state index contributed by atoms with van der Waals surface area (Å²) in [5, 5.41) is 10.6. The Morgan fingerprint density at radius 1 is 1.20 bits per heavy atom. The van der Waals surface area contributed by atoms with Crippen LogP contribution in [0.2, 0.25) is 5.02 Å². The van der Waals surface area contributed by atoms with Gasteiger partial charge in [0.1, 0.15) is 0 Å². The molecule has 0 aliphatic carbocycles. The van der Waals surface area contributed by atoms with Crippen LogP contribution in [0, 0.1) is 0 Å². The first-order valence-electron chi connectivity index (χ1n) is 5.85. The smallest absolute Gasteiger partial charge is 0.162 e. The highest BCUT2D eigenvalue weighted by molar-refractivity contribution is 7.92. The van der Waals surface area contributed by atoms with E-state index >= 15 is 0 Å². The molecular weight excluding hydrogens is 304 g/mol. The number of methoxy groups -OCH3 is 2. The fourth-order valence-electron chi connectivity index (χ4n) is 1.66. The highest BCUT2D eigenvalue weighted by Gasteiger charge is 2.40. The van der Waals surface area contributed by atoms with E-state index in [4.69, 9.17) is 21.1 Å². The van der Waals surface area contributed by atoms with Crippen LogP contribution in [-0.2, 0) is 9.84 Å². The number of benzene rings is 1. The fraction of sp³-hybridized carbons (Fsp3) is 0.538. The number of aliphatic hydroxyl groups excluding tert-OH is 1. The summed E-state index contributed by atoms with van der Waals surface area (Å²) in [7, 11) is -0.571. The average molecular weight is 323 g/mol. The Hall–Kier alpha value is -0.980. The van der Waals surface area contributed by atoms with Crippen molar-refractivity contribution in [2.45, 2.75) is 24.7 Å². The van der Waals surface area contributed by atoms with Gasteiger partial charge in [0.25, 0.3) is 0 Å². The maximum Gasteiger partial charge on any atom is 0.162 e. The Balaban J connectivity index is 3.41. The lowest BCUT2D eigenvalue weighted by Gasteiger charge is -2.29. The Kier molecular flexibility index (Phi) is 4.94. The van der Waals surface area contributed by atoms with E-state index in [1.807, 2.05) is 0 Å². The van der Waals surface area contributed by atoms with Crippen molar-refractivity contribution in [3.63, 3.8) is 0 Å². The molecule has 0 bridgehead atoms. The number of hydrogen-bond donors (Lipinski definition) is 1. The monoisotopic (exact) mass is 322 g/mol. The highest BCUT2D eigenvalue weighted by Crippen LogP contribution is 2.40. The Labute approximate surface area is 124 Å². The lowest BCUT2D eigenvalue weighted by Crippen LogP contribution is -2.38. The standard InChI is InChI=1S/C13H19ClO5S/c1-13(2,20(5,16)17)12(15)8-6-10(18-3)11(19-4)7-9(8)14/h6-7,12,15H,1-5H3. The van der Waals surface area contributed by atoms with Crippen molar-refractivity contribution in [1.82, 2.24) is 0 Å². The molecule has 1 atom stereocenters. The Morgan fingerprint density at radius 3 is 2.05 bits per heavy atom. The van der Waals surface area contributed by atoms with Gasteiger partial charge in [-0.3, -0.25) is 0 Å². The summed E-state index contributed by atoms with van der Waals surface area (Å²) in [6.45, 7) is 2.89. The highest BCUT2D eigenvalue weighted by atomic mass is 35.5. The number of ether oxygens (including phenoxy) is 2. The molecule has 114 valence electrons. The maximum atomic E-state index is 11.8. The van der Waals surface area contributed by atoms with Gasteiger partial charge in [0.2, 0.25) is 0 Å². The molecule has 1 N–H and O–H groups in total. The SMILES string of the molecule is COc1cc(Cl)c(C(O)C(C)(C)S(C)(=O)=O)cc1OC. The van der Waals surface area contributed by atoms with Gasteiger partial charge >= 0.3 is 0 Å². The largest absolute Gasteiger partial charge is 0.493 e. The molecule has 0 radical (unpaired) electrons. The minimum absolute atomic E-state index is 0.215.